The number of hydrogen-bond donors (Lipinski definition) is 1. The van der Waals surface area contributed by atoms with Gasteiger partial charge >= 0.3 is 0 Å². The SMILES string of the molecule is C=CCCCCCn1cc(CO)c2ccccc21. The molecule has 0 atom stereocenters. The molecule has 2 nitrogen and oxygen atoms in total. The van der Waals surface area contributed by atoms with Crippen LogP contribution in [0.5, 0.6) is 0 Å². The summed E-state index contributed by atoms with van der Waals surface area (Å²) in [7, 11) is 0. The summed E-state index contributed by atoms with van der Waals surface area (Å²) in [6.45, 7) is 4.88. The topological polar surface area (TPSA) is 25.2 Å². The van der Waals surface area contributed by atoms with Crippen molar-refractivity contribution in [1.82, 2.24) is 4.57 Å². The molecule has 0 bridgehead atoms. The van der Waals surface area contributed by atoms with Gasteiger partial charge in [0, 0.05) is 29.2 Å². The Balaban J connectivity index is 2.06. The number of allylic oxidation sites excluding steroid dienone is 1. The molecule has 0 aliphatic heterocycles. The minimum Gasteiger partial charge on any atom is -0.392 e. The van der Waals surface area contributed by atoms with E-state index < -0.39 is 0 Å². The number of rotatable bonds is 7. The number of fused-ring (bicyclic) bond motifs is 1. The average molecular weight is 243 g/mol. The van der Waals surface area contributed by atoms with Gasteiger partial charge in [-0.3, -0.25) is 0 Å². The molecule has 0 radical (unpaired) electrons. The molecule has 1 aromatic heterocycles. The first-order valence-corrected chi connectivity index (χ1v) is 6.65. The van der Waals surface area contributed by atoms with Gasteiger partial charge in [0.05, 0.1) is 6.61 Å². The normalized spacial score (nSPS) is 10.9. The van der Waals surface area contributed by atoms with Crippen molar-refractivity contribution in [1.29, 1.82) is 0 Å². The molecular formula is C16H21NO. The number of para-hydroxylation sites is 1. The van der Waals surface area contributed by atoms with Gasteiger partial charge in [-0.1, -0.05) is 30.7 Å². The lowest BCUT2D eigenvalue weighted by molar-refractivity contribution is 0.283. The van der Waals surface area contributed by atoms with Crippen molar-refractivity contribution in [3.05, 3.63) is 48.7 Å². The molecule has 0 amide bonds. The van der Waals surface area contributed by atoms with Crippen molar-refractivity contribution in [2.45, 2.75) is 38.8 Å². The van der Waals surface area contributed by atoms with E-state index in [4.69, 9.17) is 0 Å². The van der Waals surface area contributed by atoms with Gasteiger partial charge in [0.1, 0.15) is 0 Å². The molecule has 0 unspecified atom stereocenters. The Morgan fingerprint density at radius 3 is 2.78 bits per heavy atom. The van der Waals surface area contributed by atoms with Crippen LogP contribution in [0.15, 0.2) is 43.1 Å². The van der Waals surface area contributed by atoms with Crippen LogP contribution in [0.25, 0.3) is 10.9 Å². The zero-order valence-electron chi connectivity index (χ0n) is 10.8. The van der Waals surface area contributed by atoms with Crippen LogP contribution in [0.2, 0.25) is 0 Å². The van der Waals surface area contributed by atoms with Crippen LogP contribution in [0, 0.1) is 0 Å². The van der Waals surface area contributed by atoms with Gasteiger partial charge in [0.25, 0.3) is 0 Å². The van der Waals surface area contributed by atoms with Crippen molar-refractivity contribution in [3.8, 4) is 0 Å². The van der Waals surface area contributed by atoms with Crippen molar-refractivity contribution in [2.24, 2.45) is 0 Å². The highest BCUT2D eigenvalue weighted by Crippen LogP contribution is 2.21. The Morgan fingerprint density at radius 2 is 2.00 bits per heavy atom. The van der Waals surface area contributed by atoms with Crippen LogP contribution in [0.1, 0.15) is 31.2 Å². The number of hydrogen-bond acceptors (Lipinski definition) is 1. The Morgan fingerprint density at radius 1 is 1.17 bits per heavy atom. The summed E-state index contributed by atoms with van der Waals surface area (Å²) < 4.78 is 2.26. The molecule has 0 aliphatic carbocycles. The summed E-state index contributed by atoms with van der Waals surface area (Å²) in [5.74, 6) is 0. The summed E-state index contributed by atoms with van der Waals surface area (Å²) in [6, 6.07) is 8.28. The predicted octanol–water partition coefficient (Wildman–Crippen LogP) is 3.88. The Hall–Kier alpha value is -1.54. The number of unbranched alkanes of at least 4 members (excludes halogenated alkanes) is 3. The van der Waals surface area contributed by atoms with E-state index >= 15 is 0 Å². The average Bonchev–Trinajstić information content (AvgIpc) is 2.77. The molecule has 1 heterocycles. The summed E-state index contributed by atoms with van der Waals surface area (Å²) in [4.78, 5) is 0. The number of nitrogens with zero attached hydrogens (tertiary/aromatic N) is 1. The first-order valence-electron chi connectivity index (χ1n) is 6.65. The van der Waals surface area contributed by atoms with Crippen molar-refractivity contribution in [3.63, 3.8) is 0 Å². The maximum Gasteiger partial charge on any atom is 0.0702 e. The zero-order chi connectivity index (χ0) is 12.8. The minimum atomic E-state index is 0.115. The second-order valence-corrected chi connectivity index (χ2v) is 4.66. The molecule has 18 heavy (non-hydrogen) atoms. The standard InChI is InChI=1S/C16H21NO/c1-2-3-4-5-8-11-17-12-14(13-18)15-9-6-7-10-16(15)17/h2,6-7,9-10,12,18H,1,3-5,8,11,13H2. The first-order chi connectivity index (χ1) is 8.86. The van der Waals surface area contributed by atoms with E-state index in [9.17, 15) is 5.11 Å². The summed E-state index contributed by atoms with van der Waals surface area (Å²) in [5, 5.41) is 10.5. The highest BCUT2D eigenvalue weighted by Gasteiger charge is 2.06. The lowest BCUT2D eigenvalue weighted by Gasteiger charge is -2.04. The number of aliphatic hydroxyl groups is 1. The third-order valence-corrected chi connectivity index (χ3v) is 3.35. The predicted molar refractivity (Wildman–Crippen MR) is 76.5 cm³/mol. The Bertz CT molecular complexity index is 513. The van der Waals surface area contributed by atoms with Crippen LogP contribution in [-0.4, -0.2) is 9.67 Å². The van der Waals surface area contributed by atoms with Gasteiger partial charge in [0.15, 0.2) is 0 Å². The third-order valence-electron chi connectivity index (χ3n) is 3.35. The van der Waals surface area contributed by atoms with E-state index in [1.165, 1.54) is 30.2 Å². The number of aromatic nitrogens is 1. The number of aryl methyl sites for hydroxylation is 1. The van der Waals surface area contributed by atoms with Gasteiger partial charge in [-0.25, -0.2) is 0 Å². The van der Waals surface area contributed by atoms with Gasteiger partial charge < -0.3 is 9.67 Å². The Kier molecular flexibility index (Phi) is 4.59. The molecule has 2 aromatic rings. The largest absolute Gasteiger partial charge is 0.392 e. The monoisotopic (exact) mass is 243 g/mol. The van der Waals surface area contributed by atoms with E-state index in [1.807, 2.05) is 12.1 Å². The molecule has 0 saturated heterocycles. The quantitative estimate of drug-likeness (QED) is 0.579. The number of aliphatic hydroxyl groups excluding tert-OH is 1. The maximum absolute atomic E-state index is 9.37. The maximum atomic E-state index is 9.37. The fraction of sp³-hybridized carbons (Fsp3) is 0.375. The summed E-state index contributed by atoms with van der Waals surface area (Å²) in [5.41, 5.74) is 2.25. The van der Waals surface area contributed by atoms with E-state index in [0.29, 0.717) is 0 Å². The molecule has 1 aromatic carbocycles. The van der Waals surface area contributed by atoms with Gasteiger partial charge in [-0.05, 0) is 25.3 Å². The molecule has 2 rings (SSSR count). The van der Waals surface area contributed by atoms with Crippen LogP contribution in [0.3, 0.4) is 0 Å². The minimum absolute atomic E-state index is 0.115. The first kappa shape index (κ1) is 12.9. The molecule has 0 saturated carbocycles. The molecule has 0 spiro atoms. The van der Waals surface area contributed by atoms with E-state index in [2.05, 4.69) is 35.5 Å². The molecule has 1 N–H and O–H groups in total. The van der Waals surface area contributed by atoms with Crippen LogP contribution >= 0.6 is 0 Å². The summed E-state index contributed by atoms with van der Waals surface area (Å²) >= 11 is 0. The van der Waals surface area contributed by atoms with E-state index in [0.717, 1.165) is 18.5 Å². The van der Waals surface area contributed by atoms with Crippen molar-refractivity contribution >= 4 is 10.9 Å². The van der Waals surface area contributed by atoms with Crippen molar-refractivity contribution < 1.29 is 5.11 Å². The zero-order valence-corrected chi connectivity index (χ0v) is 10.8. The van der Waals surface area contributed by atoms with Gasteiger partial charge in [0.2, 0.25) is 0 Å². The molecule has 0 fully saturated rings. The molecular weight excluding hydrogens is 222 g/mol. The lowest BCUT2D eigenvalue weighted by Crippen LogP contribution is -1.95. The lowest BCUT2D eigenvalue weighted by atomic mass is 10.2. The van der Waals surface area contributed by atoms with E-state index in [1.54, 1.807) is 0 Å². The second kappa shape index (κ2) is 6.41. The smallest absolute Gasteiger partial charge is 0.0702 e. The van der Waals surface area contributed by atoms with Crippen LogP contribution in [0.4, 0.5) is 0 Å². The van der Waals surface area contributed by atoms with Gasteiger partial charge in [-0.2, -0.15) is 0 Å². The van der Waals surface area contributed by atoms with Gasteiger partial charge in [-0.15, -0.1) is 6.58 Å². The molecule has 2 heteroatoms. The third kappa shape index (κ3) is 2.82. The van der Waals surface area contributed by atoms with E-state index in [-0.39, 0.29) is 6.61 Å². The Labute approximate surface area is 109 Å². The fourth-order valence-corrected chi connectivity index (χ4v) is 2.38. The molecule has 0 aliphatic rings. The van der Waals surface area contributed by atoms with Crippen molar-refractivity contribution in [2.75, 3.05) is 0 Å². The highest BCUT2D eigenvalue weighted by atomic mass is 16.3. The summed E-state index contributed by atoms with van der Waals surface area (Å²) in [6.07, 6.45) is 8.79. The number of benzene rings is 1. The molecule has 96 valence electrons. The second-order valence-electron chi connectivity index (χ2n) is 4.66. The van der Waals surface area contributed by atoms with Crippen LogP contribution < -0.4 is 0 Å². The van der Waals surface area contributed by atoms with Crippen LogP contribution in [-0.2, 0) is 13.2 Å². The fourth-order valence-electron chi connectivity index (χ4n) is 2.38. The highest BCUT2D eigenvalue weighted by molar-refractivity contribution is 5.83.